The molecule has 24 heavy (non-hydrogen) atoms. The van der Waals surface area contributed by atoms with Gasteiger partial charge in [-0.2, -0.15) is 5.10 Å². The molecule has 2 aromatic heterocycles. The minimum Gasteiger partial charge on any atom is -0.444 e. The number of anilines is 1. The first-order valence-corrected chi connectivity index (χ1v) is 8.80. The third-order valence-corrected chi connectivity index (χ3v) is 5.28. The molecule has 0 saturated carbocycles. The summed E-state index contributed by atoms with van der Waals surface area (Å²) in [6.45, 7) is 3.49. The molecule has 0 unspecified atom stereocenters. The third-order valence-electron chi connectivity index (χ3n) is 5.28. The number of rotatable bonds is 4. The molecule has 4 heterocycles. The van der Waals surface area contributed by atoms with Gasteiger partial charge in [0.15, 0.2) is 0 Å². The molecule has 0 radical (unpaired) electrons. The zero-order valence-electron chi connectivity index (χ0n) is 13.6. The number of hydrogen-bond acceptors (Lipinski definition) is 5. The average molecular weight is 327 g/mol. The number of carbonyl (C=O) groups is 1. The predicted molar refractivity (Wildman–Crippen MR) is 86.7 cm³/mol. The summed E-state index contributed by atoms with van der Waals surface area (Å²) in [4.78, 5) is 20.6. The Morgan fingerprint density at radius 2 is 2.12 bits per heavy atom. The van der Waals surface area contributed by atoms with E-state index in [1.54, 1.807) is 0 Å². The minimum absolute atomic E-state index is 0.210. The normalized spacial score (nSPS) is 21.5. The number of amides is 1. The van der Waals surface area contributed by atoms with E-state index in [2.05, 4.69) is 15.0 Å². The van der Waals surface area contributed by atoms with Gasteiger partial charge in [0.25, 0.3) is 0 Å². The van der Waals surface area contributed by atoms with Crippen LogP contribution in [-0.2, 0) is 24.2 Å². The van der Waals surface area contributed by atoms with Crippen molar-refractivity contribution < 1.29 is 9.21 Å². The second kappa shape index (κ2) is 5.44. The Morgan fingerprint density at radius 1 is 1.21 bits per heavy atom. The zero-order valence-corrected chi connectivity index (χ0v) is 13.6. The highest BCUT2D eigenvalue weighted by atomic mass is 16.4. The fourth-order valence-corrected chi connectivity index (χ4v) is 3.93. The number of aromatic nitrogens is 3. The van der Waals surface area contributed by atoms with Gasteiger partial charge in [-0.25, -0.2) is 4.98 Å². The van der Waals surface area contributed by atoms with Crippen LogP contribution in [0.1, 0.15) is 42.6 Å². The van der Waals surface area contributed by atoms with Crippen molar-refractivity contribution in [3.63, 3.8) is 0 Å². The van der Waals surface area contributed by atoms with Crippen LogP contribution < -0.4 is 4.90 Å². The molecule has 0 bridgehead atoms. The fraction of sp³-hybridized carbons (Fsp3) is 0.588. The molecule has 0 aromatic carbocycles. The summed E-state index contributed by atoms with van der Waals surface area (Å²) in [6, 6.07) is 0.373. The van der Waals surface area contributed by atoms with Crippen molar-refractivity contribution in [2.45, 2.75) is 44.7 Å². The molecule has 2 fully saturated rings. The summed E-state index contributed by atoms with van der Waals surface area (Å²) >= 11 is 0. The Hall–Kier alpha value is -2.15. The molecule has 1 aliphatic carbocycles. The van der Waals surface area contributed by atoms with Gasteiger partial charge in [0.05, 0.1) is 30.2 Å². The van der Waals surface area contributed by atoms with Gasteiger partial charge in [0.1, 0.15) is 5.76 Å². The predicted octanol–water partition coefficient (Wildman–Crippen LogP) is 1.54. The van der Waals surface area contributed by atoms with Gasteiger partial charge in [-0.05, 0) is 19.3 Å². The first-order valence-electron chi connectivity index (χ1n) is 8.80. The summed E-state index contributed by atoms with van der Waals surface area (Å²) in [5.74, 6) is 2.15. The Kier molecular flexibility index (Phi) is 3.22. The summed E-state index contributed by atoms with van der Waals surface area (Å²) in [6.07, 6.45) is 8.69. The van der Waals surface area contributed by atoms with Gasteiger partial charge in [0.2, 0.25) is 11.8 Å². The van der Waals surface area contributed by atoms with E-state index in [9.17, 15) is 4.79 Å². The molecule has 7 nitrogen and oxygen atoms in total. The second-order valence-corrected chi connectivity index (χ2v) is 7.01. The first kappa shape index (κ1) is 14.2. The second-order valence-electron chi connectivity index (χ2n) is 7.01. The first-order chi connectivity index (χ1) is 11.8. The van der Waals surface area contributed by atoms with Crippen LogP contribution in [-0.4, -0.2) is 45.2 Å². The monoisotopic (exact) mass is 327 g/mol. The molecular formula is C17H21N5O2. The number of oxazole rings is 1. The van der Waals surface area contributed by atoms with Crippen molar-refractivity contribution >= 4 is 11.6 Å². The lowest BCUT2D eigenvalue weighted by molar-refractivity contribution is -0.117. The number of likely N-dealkylation sites (tertiary alicyclic amines) is 1. The van der Waals surface area contributed by atoms with Crippen LogP contribution >= 0.6 is 0 Å². The summed E-state index contributed by atoms with van der Waals surface area (Å²) in [5, 5.41) is 4.46. The van der Waals surface area contributed by atoms with E-state index in [0.29, 0.717) is 12.5 Å². The van der Waals surface area contributed by atoms with Crippen LogP contribution in [0.4, 0.5) is 5.69 Å². The fourth-order valence-electron chi connectivity index (χ4n) is 3.93. The zero-order chi connectivity index (χ0) is 16.1. The van der Waals surface area contributed by atoms with Crippen LogP contribution in [0.2, 0.25) is 0 Å². The van der Waals surface area contributed by atoms with Crippen LogP contribution in [0.25, 0.3) is 0 Å². The third kappa shape index (κ3) is 2.34. The quantitative estimate of drug-likeness (QED) is 0.852. The highest BCUT2D eigenvalue weighted by Gasteiger charge is 2.31. The van der Waals surface area contributed by atoms with E-state index in [4.69, 9.17) is 4.42 Å². The standard InChI is InChI=1S/C17H21N5O2/c23-17-5-2-6-21(17)12-7-18-22(10-12)13-8-20(9-13)11-16-19-14-3-1-4-15(14)24-16/h7,10,13H,1-6,8-9,11H2. The topological polar surface area (TPSA) is 67.4 Å². The molecule has 0 spiro atoms. The number of fused-ring (bicyclic) bond motifs is 1. The molecule has 2 aromatic rings. The Balaban J connectivity index is 1.19. The lowest BCUT2D eigenvalue weighted by atomic mass is 10.1. The highest BCUT2D eigenvalue weighted by Crippen LogP contribution is 2.28. The Bertz CT molecular complexity index is 752. The van der Waals surface area contributed by atoms with E-state index in [1.807, 2.05) is 22.0 Å². The van der Waals surface area contributed by atoms with Crippen LogP contribution in [0.15, 0.2) is 16.8 Å². The lowest BCUT2D eigenvalue weighted by Gasteiger charge is -2.38. The minimum atomic E-state index is 0.210. The molecule has 0 N–H and O–H groups in total. The van der Waals surface area contributed by atoms with Gasteiger partial charge in [-0.3, -0.25) is 14.4 Å². The van der Waals surface area contributed by atoms with Crippen molar-refractivity contribution in [3.8, 4) is 0 Å². The molecular weight excluding hydrogens is 306 g/mol. The van der Waals surface area contributed by atoms with Crippen molar-refractivity contribution in [1.82, 2.24) is 19.7 Å². The van der Waals surface area contributed by atoms with Crippen molar-refractivity contribution in [3.05, 3.63) is 29.7 Å². The molecule has 2 saturated heterocycles. The van der Waals surface area contributed by atoms with Crippen LogP contribution in [0.3, 0.4) is 0 Å². The summed E-state index contributed by atoms with van der Waals surface area (Å²) in [7, 11) is 0. The van der Waals surface area contributed by atoms with E-state index in [0.717, 1.165) is 68.5 Å². The molecule has 5 rings (SSSR count). The van der Waals surface area contributed by atoms with Gasteiger partial charge >= 0.3 is 0 Å². The Labute approximate surface area is 140 Å². The van der Waals surface area contributed by atoms with E-state index in [1.165, 1.54) is 6.42 Å². The maximum atomic E-state index is 11.8. The number of nitrogens with zero attached hydrogens (tertiary/aromatic N) is 5. The molecule has 126 valence electrons. The highest BCUT2D eigenvalue weighted by molar-refractivity contribution is 5.95. The molecule has 3 aliphatic rings. The lowest BCUT2D eigenvalue weighted by Crippen LogP contribution is -2.47. The number of aryl methyl sites for hydroxylation is 2. The van der Waals surface area contributed by atoms with Crippen molar-refractivity contribution in [2.75, 3.05) is 24.5 Å². The SMILES string of the molecule is O=C1CCCN1c1cnn(C2CN(Cc3nc4c(o3)CCC4)C2)c1. The molecule has 7 heteroatoms. The smallest absolute Gasteiger partial charge is 0.227 e. The molecule has 1 amide bonds. The average Bonchev–Trinajstić information content (AvgIpc) is 3.25. The molecule has 2 aliphatic heterocycles. The van der Waals surface area contributed by atoms with Gasteiger partial charge < -0.3 is 9.32 Å². The summed E-state index contributed by atoms with van der Waals surface area (Å²) in [5.41, 5.74) is 2.09. The van der Waals surface area contributed by atoms with Gasteiger partial charge in [-0.1, -0.05) is 0 Å². The van der Waals surface area contributed by atoms with Crippen molar-refractivity contribution in [2.24, 2.45) is 0 Å². The van der Waals surface area contributed by atoms with Crippen LogP contribution in [0.5, 0.6) is 0 Å². The van der Waals surface area contributed by atoms with Gasteiger partial charge in [0, 0.05) is 38.7 Å². The summed E-state index contributed by atoms with van der Waals surface area (Å²) < 4.78 is 7.83. The van der Waals surface area contributed by atoms with Crippen LogP contribution in [0, 0.1) is 0 Å². The largest absolute Gasteiger partial charge is 0.444 e. The van der Waals surface area contributed by atoms with E-state index in [-0.39, 0.29) is 5.91 Å². The maximum absolute atomic E-state index is 11.8. The number of carbonyl (C=O) groups excluding carboxylic acids is 1. The number of hydrogen-bond donors (Lipinski definition) is 0. The van der Waals surface area contributed by atoms with E-state index < -0.39 is 0 Å². The Morgan fingerprint density at radius 3 is 2.92 bits per heavy atom. The van der Waals surface area contributed by atoms with E-state index >= 15 is 0 Å². The molecule has 0 atom stereocenters. The maximum Gasteiger partial charge on any atom is 0.227 e. The van der Waals surface area contributed by atoms with Gasteiger partial charge in [-0.15, -0.1) is 0 Å². The van der Waals surface area contributed by atoms with Crippen molar-refractivity contribution in [1.29, 1.82) is 0 Å².